The van der Waals surface area contributed by atoms with Crippen LogP contribution < -0.4 is 35.6 Å². The summed E-state index contributed by atoms with van der Waals surface area (Å²) >= 11 is 6.65. The number of carbonyl (C=O) groups is 2. The second-order valence-corrected chi connectivity index (χ2v) is 18.1. The summed E-state index contributed by atoms with van der Waals surface area (Å²) in [5, 5.41) is 12.7. The molecule has 3 saturated heterocycles. The number of nitrogens with one attached hydrogen (secondary N) is 2. The van der Waals surface area contributed by atoms with Crippen molar-refractivity contribution in [3.05, 3.63) is 58.0 Å². The minimum Gasteiger partial charge on any atom is -0.480 e. The number of rotatable bonds is 8. The molecule has 2 amide bonds. The Hall–Kier alpha value is -5.55. The Bertz CT molecular complexity index is 2650. The van der Waals surface area contributed by atoms with Crippen molar-refractivity contribution < 1.29 is 23.1 Å². The smallest absolute Gasteiger partial charge is 0.301 e. The van der Waals surface area contributed by atoms with Gasteiger partial charge in [0, 0.05) is 94.4 Å². The van der Waals surface area contributed by atoms with Crippen LogP contribution in [0.15, 0.2) is 47.4 Å². The zero-order chi connectivity index (χ0) is 43.0. The number of fused-ring (bicyclic) bond motifs is 4. The van der Waals surface area contributed by atoms with Gasteiger partial charge in [0.2, 0.25) is 23.5 Å². The number of hydrogen-bond acceptors (Lipinski definition) is 12. The van der Waals surface area contributed by atoms with Crippen LogP contribution in [-0.4, -0.2) is 105 Å². The van der Waals surface area contributed by atoms with E-state index in [2.05, 4.69) is 54.5 Å². The molecular weight excluding hydrogens is 820 g/mol. The molecule has 62 heavy (non-hydrogen) atoms. The molecule has 18 heteroatoms. The highest BCUT2D eigenvalue weighted by Crippen LogP contribution is 2.46. The number of anilines is 6. The average molecular weight is 870 g/mol. The SMILES string of the molecule is C[C@H]1CN(c2ncc(Cl)c(Nc3ccc4c(c3)c3c(c(=O)n4C)OCC(F)(F)[C@H](C4CC4)N3)n2)CCN1CC1CCN(c2ccc3c(N4C(=O)CCCC4=O)nn(C)c3c2)CC1. The van der Waals surface area contributed by atoms with E-state index in [-0.39, 0.29) is 35.2 Å². The second-order valence-electron chi connectivity index (χ2n) is 17.6. The summed E-state index contributed by atoms with van der Waals surface area (Å²) in [5.41, 5.74) is 3.00. The molecule has 0 radical (unpaired) electrons. The third kappa shape index (κ3) is 7.35. The molecule has 10 rings (SSSR count). The summed E-state index contributed by atoms with van der Waals surface area (Å²) in [6.45, 7) is 6.62. The Labute approximate surface area is 361 Å². The highest BCUT2D eigenvalue weighted by molar-refractivity contribution is 6.33. The van der Waals surface area contributed by atoms with Gasteiger partial charge in [-0.15, -0.1) is 0 Å². The average Bonchev–Trinajstić information content (AvgIpc) is 4.06. The molecule has 5 aliphatic rings. The number of carbonyl (C=O) groups excluding carboxylic acids is 2. The van der Waals surface area contributed by atoms with E-state index in [4.69, 9.17) is 21.3 Å². The van der Waals surface area contributed by atoms with Gasteiger partial charge in [-0.2, -0.15) is 10.1 Å². The number of aryl methyl sites for hydroxylation is 2. The molecule has 4 aliphatic heterocycles. The Morgan fingerprint density at radius 3 is 2.45 bits per heavy atom. The van der Waals surface area contributed by atoms with Crippen molar-refractivity contribution in [2.75, 3.05) is 71.2 Å². The number of pyridine rings is 1. The first-order valence-corrected chi connectivity index (χ1v) is 22.0. The molecule has 7 heterocycles. The zero-order valence-electron chi connectivity index (χ0n) is 35.0. The number of aromatic nitrogens is 5. The third-order valence-corrected chi connectivity index (χ3v) is 13.7. The molecule has 2 N–H and O–H groups in total. The van der Waals surface area contributed by atoms with Crippen LogP contribution in [0.25, 0.3) is 21.8 Å². The van der Waals surface area contributed by atoms with Crippen LogP contribution in [0.1, 0.15) is 51.9 Å². The standard InChI is InChI=1S/C44H50ClF2N11O4/c1-25-22-57(18-17-56(25)23-26-13-15-55(16-14-26)29-10-11-30-34(20-29)54(3)52-41(30)58-35(59)5-4-6-36(58)60)43-48-21-32(45)40(51-43)49-28-9-12-33-31(19-28)37-38(42(61)53(33)2)62-24-44(46,47)39(50-37)27-7-8-27/h9-12,19-21,25-27,39,50H,4-8,13-18,22-24H2,1-3H3,(H,48,49,51)/t25-,39-/m0/s1. The minimum absolute atomic E-state index is 0.108. The van der Waals surface area contributed by atoms with Crippen LogP contribution in [0.5, 0.6) is 5.75 Å². The van der Waals surface area contributed by atoms with E-state index < -0.39 is 24.1 Å². The summed E-state index contributed by atoms with van der Waals surface area (Å²) < 4.78 is 39.1. The largest absolute Gasteiger partial charge is 0.480 e. The highest BCUT2D eigenvalue weighted by atomic mass is 35.5. The Morgan fingerprint density at radius 1 is 0.935 bits per heavy atom. The monoisotopic (exact) mass is 869 g/mol. The summed E-state index contributed by atoms with van der Waals surface area (Å²) in [4.78, 5) is 56.4. The molecule has 2 aromatic carbocycles. The predicted molar refractivity (Wildman–Crippen MR) is 235 cm³/mol. The number of benzene rings is 2. The van der Waals surface area contributed by atoms with Crippen molar-refractivity contribution in [1.29, 1.82) is 0 Å². The number of ether oxygens (including phenoxy) is 1. The van der Waals surface area contributed by atoms with E-state index in [1.807, 2.05) is 13.1 Å². The maximum atomic E-state index is 15.2. The molecule has 1 saturated carbocycles. The first kappa shape index (κ1) is 40.5. The summed E-state index contributed by atoms with van der Waals surface area (Å²) in [6, 6.07) is 10.7. The van der Waals surface area contributed by atoms with Crippen LogP contribution in [0.4, 0.5) is 43.4 Å². The zero-order valence-corrected chi connectivity index (χ0v) is 35.8. The van der Waals surface area contributed by atoms with Gasteiger partial charge >= 0.3 is 5.92 Å². The van der Waals surface area contributed by atoms with Gasteiger partial charge in [0.05, 0.1) is 29.0 Å². The van der Waals surface area contributed by atoms with Crippen molar-refractivity contribution in [2.45, 2.75) is 69.9 Å². The number of imide groups is 1. The van der Waals surface area contributed by atoms with Crippen LogP contribution in [0.2, 0.25) is 5.02 Å². The Kier molecular flexibility index (Phi) is 10.2. The van der Waals surface area contributed by atoms with Gasteiger partial charge < -0.3 is 29.7 Å². The predicted octanol–water partition coefficient (Wildman–Crippen LogP) is 6.30. The van der Waals surface area contributed by atoms with Gasteiger partial charge in [0.15, 0.2) is 18.2 Å². The normalized spacial score (nSPS) is 22.5. The molecule has 5 aromatic rings. The topological polar surface area (TPSA) is 146 Å². The molecule has 15 nitrogen and oxygen atoms in total. The van der Waals surface area contributed by atoms with Crippen LogP contribution >= 0.6 is 11.6 Å². The fourth-order valence-corrected chi connectivity index (χ4v) is 9.89. The molecule has 1 aliphatic carbocycles. The van der Waals surface area contributed by atoms with Crippen molar-refractivity contribution in [3.8, 4) is 5.75 Å². The lowest BCUT2D eigenvalue weighted by atomic mass is 9.94. The van der Waals surface area contributed by atoms with E-state index in [9.17, 15) is 14.4 Å². The number of hydrogen-bond donors (Lipinski definition) is 2. The van der Waals surface area contributed by atoms with Crippen molar-refractivity contribution >= 4 is 79.9 Å². The van der Waals surface area contributed by atoms with Gasteiger partial charge in [-0.25, -0.2) is 18.7 Å². The summed E-state index contributed by atoms with van der Waals surface area (Å²) in [6.07, 6.45) is 6.43. The van der Waals surface area contributed by atoms with Crippen LogP contribution in [-0.2, 0) is 23.7 Å². The van der Waals surface area contributed by atoms with E-state index in [1.54, 1.807) is 36.1 Å². The molecule has 0 unspecified atom stereocenters. The van der Waals surface area contributed by atoms with Gasteiger partial charge in [-0.05, 0) is 87.3 Å². The Morgan fingerprint density at radius 2 is 1.71 bits per heavy atom. The third-order valence-electron chi connectivity index (χ3n) is 13.4. The van der Waals surface area contributed by atoms with Gasteiger partial charge in [-0.3, -0.25) is 24.0 Å². The first-order valence-electron chi connectivity index (χ1n) is 21.6. The number of alkyl halides is 2. The number of nitrogens with zero attached hydrogens (tertiary/aromatic N) is 9. The maximum absolute atomic E-state index is 15.2. The molecule has 0 spiro atoms. The lowest BCUT2D eigenvalue weighted by molar-refractivity contribution is -0.129. The van der Waals surface area contributed by atoms with Crippen molar-refractivity contribution in [3.63, 3.8) is 0 Å². The van der Waals surface area contributed by atoms with Crippen molar-refractivity contribution in [1.82, 2.24) is 29.2 Å². The minimum atomic E-state index is -3.13. The summed E-state index contributed by atoms with van der Waals surface area (Å²) in [5.74, 6) is -1.85. The first-order chi connectivity index (χ1) is 29.8. The Balaban J connectivity index is 0.780. The number of piperazine rings is 1. The molecule has 326 valence electrons. The molecule has 3 aromatic heterocycles. The van der Waals surface area contributed by atoms with E-state index in [0.717, 1.165) is 68.7 Å². The van der Waals surface area contributed by atoms with Crippen LogP contribution in [0.3, 0.4) is 0 Å². The second kappa shape index (κ2) is 15.7. The molecule has 2 atom stereocenters. The van der Waals surface area contributed by atoms with E-state index >= 15 is 8.78 Å². The van der Waals surface area contributed by atoms with Crippen molar-refractivity contribution in [2.24, 2.45) is 25.9 Å². The quantitative estimate of drug-likeness (QED) is 0.169. The number of piperidine rings is 2. The highest BCUT2D eigenvalue weighted by Gasteiger charge is 2.51. The maximum Gasteiger partial charge on any atom is 0.301 e. The fourth-order valence-electron chi connectivity index (χ4n) is 9.75. The molecular formula is C44H50ClF2N11O4. The lowest BCUT2D eigenvalue weighted by Gasteiger charge is -2.43. The van der Waals surface area contributed by atoms with E-state index in [1.165, 1.54) is 9.47 Å². The van der Waals surface area contributed by atoms with Gasteiger partial charge in [0.25, 0.3) is 5.56 Å². The number of amides is 2. The number of halogens is 3. The van der Waals surface area contributed by atoms with Gasteiger partial charge in [0.1, 0.15) is 5.02 Å². The molecule has 4 fully saturated rings. The van der Waals surface area contributed by atoms with Crippen LogP contribution in [0, 0.1) is 11.8 Å². The summed E-state index contributed by atoms with van der Waals surface area (Å²) in [7, 11) is 3.46. The molecule has 0 bridgehead atoms. The van der Waals surface area contributed by atoms with E-state index in [0.29, 0.717) is 77.2 Å². The lowest BCUT2D eigenvalue weighted by Crippen LogP contribution is -2.54. The fraction of sp³-hybridized carbons (Fsp3) is 0.500. The van der Waals surface area contributed by atoms with Gasteiger partial charge in [-0.1, -0.05) is 11.6 Å².